The van der Waals surface area contributed by atoms with E-state index < -0.39 is 5.91 Å². The number of hydrogen-bond acceptors (Lipinski definition) is 7. The Hall–Kier alpha value is -4.25. The monoisotopic (exact) mass is 448 g/mol. The maximum atomic E-state index is 12.8. The molecule has 3 aromatic heterocycles. The highest BCUT2D eigenvalue weighted by Gasteiger charge is 2.19. The molecule has 4 N–H and O–H groups in total. The van der Waals surface area contributed by atoms with Crippen LogP contribution in [-0.2, 0) is 11.3 Å². The second-order valence-corrected chi connectivity index (χ2v) is 7.74. The summed E-state index contributed by atoms with van der Waals surface area (Å²) < 4.78 is 5.34. The van der Waals surface area contributed by atoms with Crippen LogP contribution in [0.5, 0.6) is 5.75 Å². The molecule has 0 bridgehead atoms. The van der Waals surface area contributed by atoms with Gasteiger partial charge in [0.25, 0.3) is 17.7 Å². The molecule has 0 saturated carbocycles. The number of nitrogens with zero attached hydrogens (tertiary/aromatic N) is 2. The summed E-state index contributed by atoms with van der Waals surface area (Å²) in [4.78, 5) is 47.9. The zero-order valence-corrected chi connectivity index (χ0v) is 17.3. The minimum absolute atomic E-state index is 0.0152. The molecule has 0 saturated heterocycles. The predicted molar refractivity (Wildman–Crippen MR) is 118 cm³/mol. The zero-order chi connectivity index (χ0) is 22.1. The van der Waals surface area contributed by atoms with E-state index in [1.165, 1.54) is 17.7 Å². The van der Waals surface area contributed by atoms with Crippen LogP contribution in [0.1, 0.15) is 26.4 Å². The van der Waals surface area contributed by atoms with Crippen LogP contribution in [0.2, 0.25) is 0 Å². The van der Waals surface area contributed by atoms with Crippen molar-refractivity contribution in [1.82, 2.24) is 20.3 Å². The second kappa shape index (κ2) is 8.12. The van der Waals surface area contributed by atoms with Gasteiger partial charge in [-0.3, -0.25) is 14.4 Å². The molecular weight excluding hydrogens is 432 g/mol. The first-order valence-corrected chi connectivity index (χ1v) is 10.5. The van der Waals surface area contributed by atoms with E-state index in [1.807, 2.05) is 5.38 Å². The summed E-state index contributed by atoms with van der Waals surface area (Å²) in [5.74, 6) is -0.315. The van der Waals surface area contributed by atoms with Gasteiger partial charge in [-0.05, 0) is 29.1 Å². The van der Waals surface area contributed by atoms with Crippen LogP contribution in [0.25, 0.3) is 11.0 Å². The van der Waals surface area contributed by atoms with Crippen molar-refractivity contribution < 1.29 is 19.1 Å². The number of H-pyrrole nitrogens is 1. The number of benzene rings is 1. The third-order valence-electron chi connectivity index (χ3n) is 4.84. The maximum Gasteiger partial charge on any atom is 0.272 e. The van der Waals surface area contributed by atoms with Crippen LogP contribution in [0.15, 0.2) is 47.5 Å². The number of carbonyl (C=O) groups excluding carboxylic acids is 3. The number of carbonyl (C=O) groups is 3. The standard InChI is InChI=1S/C21H16N6O4S/c28-16-8-31-15-2-1-11(5-13(15)26-16)6-23-21(30)19-18-17(24-10-25-19)14(7-22-18)27-20(29)12-3-4-32-9-12/h1-5,7,9-10,22H,6,8H2,(H,23,30)(H,26,28)(H,27,29). The van der Waals surface area contributed by atoms with E-state index in [0.29, 0.717) is 33.7 Å². The normalized spacial score (nSPS) is 12.6. The lowest BCUT2D eigenvalue weighted by molar-refractivity contribution is -0.118. The van der Waals surface area contributed by atoms with E-state index in [-0.39, 0.29) is 30.7 Å². The number of anilines is 2. The fraction of sp³-hybridized carbons (Fsp3) is 0.0952. The molecule has 0 fully saturated rings. The molecule has 0 unspecified atom stereocenters. The van der Waals surface area contributed by atoms with Crippen LogP contribution in [-0.4, -0.2) is 39.3 Å². The maximum absolute atomic E-state index is 12.8. The molecule has 0 spiro atoms. The van der Waals surface area contributed by atoms with Gasteiger partial charge >= 0.3 is 0 Å². The molecular formula is C21H16N6O4S. The van der Waals surface area contributed by atoms with Gasteiger partial charge in [0.1, 0.15) is 17.6 Å². The quantitative estimate of drug-likeness (QED) is 0.370. The number of hydrogen-bond donors (Lipinski definition) is 4. The minimum atomic E-state index is -0.409. The molecule has 160 valence electrons. The largest absolute Gasteiger partial charge is 0.482 e. The molecule has 1 aromatic carbocycles. The Morgan fingerprint density at radius 3 is 2.94 bits per heavy atom. The van der Waals surface area contributed by atoms with Crippen molar-refractivity contribution in [3.8, 4) is 5.75 Å². The first-order valence-electron chi connectivity index (χ1n) is 9.58. The lowest BCUT2D eigenvalue weighted by Gasteiger charge is -2.18. The molecule has 3 amide bonds. The number of ether oxygens (including phenoxy) is 1. The fourth-order valence-electron chi connectivity index (χ4n) is 3.30. The molecule has 11 heteroatoms. The molecule has 1 aliphatic heterocycles. The van der Waals surface area contributed by atoms with Gasteiger partial charge in [0.05, 0.1) is 22.5 Å². The molecule has 0 atom stereocenters. The van der Waals surface area contributed by atoms with Crippen molar-refractivity contribution in [2.75, 3.05) is 17.2 Å². The van der Waals surface area contributed by atoms with Crippen LogP contribution in [0.4, 0.5) is 11.4 Å². The average molecular weight is 448 g/mol. The van der Waals surface area contributed by atoms with Crippen LogP contribution in [0.3, 0.4) is 0 Å². The summed E-state index contributed by atoms with van der Waals surface area (Å²) in [6.45, 7) is 0.203. The summed E-state index contributed by atoms with van der Waals surface area (Å²) in [7, 11) is 0. The zero-order valence-electron chi connectivity index (χ0n) is 16.5. The van der Waals surface area contributed by atoms with E-state index in [9.17, 15) is 14.4 Å². The van der Waals surface area contributed by atoms with Crippen LogP contribution < -0.4 is 20.7 Å². The van der Waals surface area contributed by atoms with E-state index >= 15 is 0 Å². The van der Waals surface area contributed by atoms with Gasteiger partial charge < -0.3 is 25.7 Å². The first-order chi connectivity index (χ1) is 15.6. The summed E-state index contributed by atoms with van der Waals surface area (Å²) in [6, 6.07) is 7.02. The Labute approximate surface area is 185 Å². The number of nitrogens with one attached hydrogen (secondary N) is 4. The van der Waals surface area contributed by atoms with Gasteiger partial charge in [0, 0.05) is 18.1 Å². The van der Waals surface area contributed by atoms with Gasteiger partial charge in [0.15, 0.2) is 12.3 Å². The number of rotatable bonds is 5. The Morgan fingerprint density at radius 1 is 1.19 bits per heavy atom. The molecule has 0 radical (unpaired) electrons. The smallest absolute Gasteiger partial charge is 0.272 e. The van der Waals surface area contributed by atoms with E-state index in [1.54, 1.807) is 35.8 Å². The topological polar surface area (TPSA) is 138 Å². The minimum Gasteiger partial charge on any atom is -0.482 e. The molecule has 0 aliphatic carbocycles. The fourth-order valence-corrected chi connectivity index (χ4v) is 3.94. The molecule has 32 heavy (non-hydrogen) atoms. The third kappa shape index (κ3) is 3.76. The number of thiophene rings is 1. The van der Waals surface area contributed by atoms with E-state index in [4.69, 9.17) is 4.74 Å². The predicted octanol–water partition coefficient (Wildman–Crippen LogP) is 2.53. The highest BCUT2D eigenvalue weighted by molar-refractivity contribution is 7.08. The van der Waals surface area contributed by atoms with Crippen molar-refractivity contribution in [2.45, 2.75) is 6.54 Å². The summed E-state index contributed by atoms with van der Waals surface area (Å²) >= 11 is 1.43. The average Bonchev–Trinajstić information content (AvgIpc) is 3.48. The number of aromatic nitrogens is 3. The molecule has 4 heterocycles. The van der Waals surface area contributed by atoms with Gasteiger partial charge in [-0.2, -0.15) is 11.3 Å². The van der Waals surface area contributed by atoms with Crippen molar-refractivity contribution in [3.05, 3.63) is 64.4 Å². The van der Waals surface area contributed by atoms with Crippen LogP contribution >= 0.6 is 11.3 Å². The highest BCUT2D eigenvalue weighted by atomic mass is 32.1. The van der Waals surface area contributed by atoms with Gasteiger partial charge in [-0.15, -0.1) is 0 Å². The summed E-state index contributed by atoms with van der Waals surface area (Å²) in [5, 5.41) is 11.9. The van der Waals surface area contributed by atoms with Gasteiger partial charge in [0.2, 0.25) is 0 Å². The van der Waals surface area contributed by atoms with Gasteiger partial charge in [-0.25, -0.2) is 9.97 Å². The van der Waals surface area contributed by atoms with Crippen molar-refractivity contribution >= 4 is 51.5 Å². The number of fused-ring (bicyclic) bond motifs is 2. The van der Waals surface area contributed by atoms with Gasteiger partial charge in [-0.1, -0.05) is 6.07 Å². The second-order valence-electron chi connectivity index (χ2n) is 6.96. The molecule has 5 rings (SSSR count). The summed E-state index contributed by atoms with van der Waals surface area (Å²) in [5.41, 5.74) is 3.34. The lowest BCUT2D eigenvalue weighted by atomic mass is 10.1. The molecule has 1 aliphatic rings. The lowest BCUT2D eigenvalue weighted by Crippen LogP contribution is -2.26. The molecule has 4 aromatic rings. The Kier molecular flexibility index (Phi) is 5.00. The van der Waals surface area contributed by atoms with Crippen molar-refractivity contribution in [3.63, 3.8) is 0 Å². The Morgan fingerprint density at radius 2 is 2.09 bits per heavy atom. The van der Waals surface area contributed by atoms with Crippen molar-refractivity contribution in [2.24, 2.45) is 0 Å². The number of amides is 3. The van der Waals surface area contributed by atoms with Crippen molar-refractivity contribution in [1.29, 1.82) is 0 Å². The SMILES string of the molecule is O=C1COc2ccc(CNC(=O)c3ncnc4c(NC(=O)c5ccsc5)c[nH]c34)cc2N1. The Bertz CT molecular complexity index is 1350. The van der Waals surface area contributed by atoms with E-state index in [0.717, 1.165) is 5.56 Å². The molecule has 10 nitrogen and oxygen atoms in total. The number of aromatic amines is 1. The Balaban J connectivity index is 1.32. The third-order valence-corrected chi connectivity index (χ3v) is 5.52. The van der Waals surface area contributed by atoms with E-state index in [2.05, 4.69) is 30.9 Å². The first kappa shape index (κ1) is 19.7. The highest BCUT2D eigenvalue weighted by Crippen LogP contribution is 2.28. The summed E-state index contributed by atoms with van der Waals surface area (Å²) in [6.07, 6.45) is 2.85. The van der Waals surface area contributed by atoms with Crippen LogP contribution in [0, 0.1) is 0 Å².